The van der Waals surface area contributed by atoms with Gasteiger partial charge >= 0.3 is 6.18 Å². The van der Waals surface area contributed by atoms with Gasteiger partial charge in [-0.05, 0) is 36.5 Å². The van der Waals surface area contributed by atoms with Gasteiger partial charge in [0.15, 0.2) is 0 Å². The number of hydrogen-bond donors (Lipinski definition) is 1. The van der Waals surface area contributed by atoms with Crippen molar-refractivity contribution in [3.8, 4) is 11.5 Å². The van der Waals surface area contributed by atoms with E-state index in [1.54, 1.807) is 0 Å². The Balaban J connectivity index is 2.36. The highest BCUT2D eigenvalue weighted by Gasteiger charge is 2.30. The molecule has 0 aliphatic carbocycles. The molecule has 3 nitrogen and oxygen atoms in total. The molecule has 0 saturated heterocycles. The van der Waals surface area contributed by atoms with Crippen molar-refractivity contribution >= 4 is 12.2 Å². The molecular formula is C9H5F3N2OS. The van der Waals surface area contributed by atoms with Crippen molar-refractivity contribution < 1.29 is 17.6 Å². The largest absolute Gasteiger partial charge is 0.416 e. The number of alkyl halides is 3. The van der Waals surface area contributed by atoms with Crippen molar-refractivity contribution in [1.29, 1.82) is 0 Å². The number of rotatable bonds is 1. The molecule has 0 unspecified atom stereocenters. The Kier molecular flexibility index (Phi) is 2.55. The molecule has 0 aliphatic heterocycles. The number of halogens is 3. The van der Waals surface area contributed by atoms with Gasteiger partial charge in [-0.25, -0.2) is 5.10 Å². The Morgan fingerprint density at radius 1 is 1.19 bits per heavy atom. The molecule has 1 heterocycles. The molecule has 1 N–H and O–H groups in total. The summed E-state index contributed by atoms with van der Waals surface area (Å²) in [6, 6.07) is 4.47. The highest BCUT2D eigenvalue weighted by molar-refractivity contribution is 7.71. The molecule has 2 aromatic rings. The van der Waals surface area contributed by atoms with E-state index in [4.69, 9.17) is 4.42 Å². The molecular weight excluding hydrogens is 241 g/mol. The van der Waals surface area contributed by atoms with E-state index in [0.717, 1.165) is 12.1 Å². The topological polar surface area (TPSA) is 41.8 Å². The van der Waals surface area contributed by atoms with E-state index in [1.807, 2.05) is 0 Å². The standard InChI is InChI=1S/C9H5F3N2OS/c10-9(11,12)6-3-1-5(2-4-6)7-13-14-8(16)15-7/h1-4H,(H,14,16). The fraction of sp³-hybridized carbons (Fsp3) is 0.111. The Morgan fingerprint density at radius 2 is 1.81 bits per heavy atom. The van der Waals surface area contributed by atoms with Gasteiger partial charge in [-0.3, -0.25) is 0 Å². The van der Waals surface area contributed by atoms with Gasteiger partial charge in [-0.2, -0.15) is 13.2 Å². The van der Waals surface area contributed by atoms with E-state index in [-0.39, 0.29) is 10.7 Å². The lowest BCUT2D eigenvalue weighted by Gasteiger charge is -2.05. The highest BCUT2D eigenvalue weighted by atomic mass is 32.1. The van der Waals surface area contributed by atoms with Crippen LogP contribution in [0.3, 0.4) is 0 Å². The molecule has 0 atom stereocenters. The summed E-state index contributed by atoms with van der Waals surface area (Å²) < 4.78 is 41.8. The van der Waals surface area contributed by atoms with Crippen molar-refractivity contribution in [2.45, 2.75) is 6.18 Å². The maximum atomic E-state index is 12.3. The summed E-state index contributed by atoms with van der Waals surface area (Å²) in [5.41, 5.74) is -0.286. The number of nitrogens with zero attached hydrogens (tertiary/aromatic N) is 1. The summed E-state index contributed by atoms with van der Waals surface area (Å²) in [7, 11) is 0. The molecule has 0 fully saturated rings. The molecule has 0 radical (unpaired) electrons. The third-order valence-corrected chi connectivity index (χ3v) is 2.07. The van der Waals surface area contributed by atoms with Crippen LogP contribution in [-0.4, -0.2) is 10.2 Å². The molecule has 0 amide bonds. The molecule has 16 heavy (non-hydrogen) atoms. The van der Waals surface area contributed by atoms with Gasteiger partial charge in [-0.1, -0.05) is 0 Å². The van der Waals surface area contributed by atoms with Crippen LogP contribution < -0.4 is 0 Å². The Hall–Kier alpha value is -1.63. The summed E-state index contributed by atoms with van der Waals surface area (Å²) in [5.74, 6) is 0.165. The van der Waals surface area contributed by atoms with Crippen molar-refractivity contribution in [1.82, 2.24) is 10.2 Å². The fourth-order valence-corrected chi connectivity index (χ4v) is 1.28. The summed E-state index contributed by atoms with van der Waals surface area (Å²) >= 11 is 4.65. The average Bonchev–Trinajstić information content (AvgIpc) is 2.64. The van der Waals surface area contributed by atoms with Crippen LogP contribution in [0.25, 0.3) is 11.5 Å². The minimum atomic E-state index is -4.34. The first-order chi connectivity index (χ1) is 7.47. The van der Waals surface area contributed by atoms with Crippen molar-refractivity contribution in [2.24, 2.45) is 0 Å². The Morgan fingerprint density at radius 3 is 2.25 bits per heavy atom. The van der Waals surface area contributed by atoms with E-state index >= 15 is 0 Å². The lowest BCUT2D eigenvalue weighted by atomic mass is 10.1. The van der Waals surface area contributed by atoms with E-state index in [2.05, 4.69) is 22.4 Å². The molecule has 84 valence electrons. The second-order valence-electron chi connectivity index (χ2n) is 2.99. The van der Waals surface area contributed by atoms with Crippen LogP contribution in [0, 0.1) is 4.84 Å². The zero-order valence-corrected chi connectivity index (χ0v) is 8.52. The third kappa shape index (κ3) is 2.13. The summed E-state index contributed by atoms with van der Waals surface area (Å²) in [5, 5.41) is 6.09. The molecule has 0 spiro atoms. The summed E-state index contributed by atoms with van der Waals surface area (Å²) in [4.78, 5) is 0.0786. The van der Waals surface area contributed by atoms with Crippen LogP contribution in [0.15, 0.2) is 28.7 Å². The van der Waals surface area contributed by atoms with Gasteiger partial charge in [-0.15, -0.1) is 5.10 Å². The fourth-order valence-electron chi connectivity index (χ4n) is 1.16. The van der Waals surface area contributed by atoms with Crippen LogP contribution >= 0.6 is 12.2 Å². The van der Waals surface area contributed by atoms with Crippen molar-refractivity contribution in [3.05, 3.63) is 34.7 Å². The van der Waals surface area contributed by atoms with E-state index in [0.29, 0.717) is 5.56 Å². The van der Waals surface area contributed by atoms with Crippen LogP contribution in [-0.2, 0) is 6.18 Å². The number of H-pyrrole nitrogens is 1. The van der Waals surface area contributed by atoms with Crippen LogP contribution in [0.2, 0.25) is 0 Å². The monoisotopic (exact) mass is 246 g/mol. The van der Waals surface area contributed by atoms with Gasteiger partial charge in [0.2, 0.25) is 5.89 Å². The molecule has 1 aromatic carbocycles. The van der Waals surface area contributed by atoms with Crippen LogP contribution in [0.4, 0.5) is 13.2 Å². The van der Waals surface area contributed by atoms with E-state index < -0.39 is 11.7 Å². The number of hydrogen-bond acceptors (Lipinski definition) is 3. The molecule has 7 heteroatoms. The maximum absolute atomic E-state index is 12.3. The normalized spacial score (nSPS) is 11.7. The average molecular weight is 246 g/mol. The second kappa shape index (κ2) is 3.75. The first-order valence-electron chi connectivity index (χ1n) is 4.20. The number of benzene rings is 1. The van der Waals surface area contributed by atoms with Gasteiger partial charge in [0.25, 0.3) is 4.84 Å². The van der Waals surface area contributed by atoms with Crippen LogP contribution in [0.5, 0.6) is 0 Å². The zero-order chi connectivity index (χ0) is 11.8. The molecule has 2 rings (SSSR count). The second-order valence-corrected chi connectivity index (χ2v) is 3.36. The lowest BCUT2D eigenvalue weighted by molar-refractivity contribution is -0.137. The first-order valence-corrected chi connectivity index (χ1v) is 4.61. The van der Waals surface area contributed by atoms with Gasteiger partial charge < -0.3 is 4.42 Å². The maximum Gasteiger partial charge on any atom is 0.416 e. The third-order valence-electron chi connectivity index (χ3n) is 1.90. The Labute approximate surface area is 92.9 Å². The summed E-state index contributed by atoms with van der Waals surface area (Å²) in [6.07, 6.45) is -4.34. The SMILES string of the molecule is FC(F)(F)c1ccc(-c2n[nH]c(=S)o2)cc1. The first kappa shape index (κ1) is 10.9. The smallest absolute Gasteiger partial charge is 0.409 e. The predicted octanol–water partition coefficient (Wildman–Crippen LogP) is 3.42. The summed E-state index contributed by atoms with van der Waals surface area (Å²) in [6.45, 7) is 0. The number of nitrogens with one attached hydrogen (secondary N) is 1. The number of aromatic amines is 1. The number of aromatic nitrogens is 2. The lowest BCUT2D eigenvalue weighted by Crippen LogP contribution is -2.03. The van der Waals surface area contributed by atoms with Gasteiger partial charge in [0.1, 0.15) is 0 Å². The predicted molar refractivity (Wildman–Crippen MR) is 52.1 cm³/mol. The molecule has 0 bridgehead atoms. The van der Waals surface area contributed by atoms with Crippen molar-refractivity contribution in [3.63, 3.8) is 0 Å². The van der Waals surface area contributed by atoms with Gasteiger partial charge in [0, 0.05) is 5.56 Å². The minimum Gasteiger partial charge on any atom is -0.409 e. The van der Waals surface area contributed by atoms with E-state index in [1.165, 1.54) is 12.1 Å². The molecule has 0 saturated carbocycles. The van der Waals surface area contributed by atoms with Crippen LogP contribution in [0.1, 0.15) is 5.56 Å². The van der Waals surface area contributed by atoms with Gasteiger partial charge in [0.05, 0.1) is 5.56 Å². The minimum absolute atomic E-state index is 0.0786. The van der Waals surface area contributed by atoms with E-state index in [9.17, 15) is 13.2 Å². The zero-order valence-electron chi connectivity index (χ0n) is 7.71. The molecule has 1 aromatic heterocycles. The molecule has 0 aliphatic rings. The van der Waals surface area contributed by atoms with Crippen molar-refractivity contribution in [2.75, 3.05) is 0 Å². The Bertz CT molecular complexity index is 541. The highest BCUT2D eigenvalue weighted by Crippen LogP contribution is 2.30. The quantitative estimate of drug-likeness (QED) is 0.784.